The maximum absolute atomic E-state index is 9.19. The van der Waals surface area contributed by atoms with Crippen LogP contribution in [-0.2, 0) is 25.0 Å². The standard InChI is InChI=1S/C19H25N5O3.2CH4O3S/c1-15-4-2-5-16(12-15)14-20-23-17-13-18(24-6-10-26-11-7-24)22-19(21-17)27-9-3-8-25;2*1-5(2,3)4/h2,4-5,12-14,25H,3,6-11H2,1H3,(H,21,22,23);2*1H3,(H,2,3,4)/b20-14+;;. The van der Waals surface area contributed by atoms with E-state index >= 15 is 0 Å². The molecule has 0 radical (unpaired) electrons. The van der Waals surface area contributed by atoms with Gasteiger partial charge in [0.2, 0.25) is 0 Å². The molecule has 0 atom stereocenters. The molecule has 208 valence electrons. The third-order valence-corrected chi connectivity index (χ3v) is 4.00. The summed E-state index contributed by atoms with van der Waals surface area (Å²) in [5.74, 6) is 1.31. The number of hydrazone groups is 1. The van der Waals surface area contributed by atoms with E-state index in [4.69, 9.17) is 23.7 Å². The number of morpholine rings is 1. The summed E-state index contributed by atoms with van der Waals surface area (Å²) < 4.78 is 62.7. The Morgan fingerprint density at radius 2 is 1.73 bits per heavy atom. The lowest BCUT2D eigenvalue weighted by atomic mass is 10.2. The van der Waals surface area contributed by atoms with Crippen LogP contribution in [-0.4, -0.2) is 99.3 Å². The van der Waals surface area contributed by atoms with Crippen molar-refractivity contribution in [2.24, 2.45) is 5.10 Å². The fourth-order valence-electron chi connectivity index (χ4n) is 2.64. The highest BCUT2D eigenvalue weighted by Gasteiger charge is 2.15. The average Bonchev–Trinajstić information content (AvgIpc) is 2.78. The average molecular weight is 564 g/mol. The van der Waals surface area contributed by atoms with Crippen LogP contribution in [0.2, 0.25) is 0 Å². The van der Waals surface area contributed by atoms with E-state index in [1.54, 1.807) is 6.21 Å². The number of benzene rings is 1. The summed E-state index contributed by atoms with van der Waals surface area (Å²) in [6, 6.07) is 10.2. The first-order valence-electron chi connectivity index (χ1n) is 10.9. The Labute approximate surface area is 216 Å². The maximum atomic E-state index is 9.19. The molecule has 4 N–H and O–H groups in total. The van der Waals surface area contributed by atoms with Gasteiger partial charge in [0.25, 0.3) is 20.2 Å². The van der Waals surface area contributed by atoms with Gasteiger partial charge in [-0.3, -0.25) is 14.5 Å². The Kier molecular flexibility index (Phi) is 13.9. The second-order valence-electron chi connectivity index (χ2n) is 7.67. The van der Waals surface area contributed by atoms with E-state index in [0.717, 1.165) is 24.5 Å². The number of anilines is 2. The molecule has 2 aromatic rings. The molecule has 37 heavy (non-hydrogen) atoms. The molecule has 0 aliphatic carbocycles. The predicted octanol–water partition coefficient (Wildman–Crippen LogP) is 0.837. The molecule has 16 heteroatoms. The summed E-state index contributed by atoms with van der Waals surface area (Å²) in [7, 11) is -7.33. The van der Waals surface area contributed by atoms with Crippen molar-refractivity contribution < 1.29 is 40.5 Å². The van der Waals surface area contributed by atoms with Gasteiger partial charge < -0.3 is 19.5 Å². The van der Waals surface area contributed by atoms with Crippen LogP contribution in [0.1, 0.15) is 17.5 Å². The number of ether oxygens (including phenoxy) is 2. The number of aliphatic hydroxyl groups is 1. The largest absolute Gasteiger partial charge is 0.463 e. The number of hydrogen-bond donors (Lipinski definition) is 4. The van der Waals surface area contributed by atoms with Gasteiger partial charge in [-0.1, -0.05) is 29.8 Å². The van der Waals surface area contributed by atoms with Crippen molar-refractivity contribution in [2.45, 2.75) is 13.3 Å². The van der Waals surface area contributed by atoms with Gasteiger partial charge in [-0.05, 0) is 12.5 Å². The number of rotatable bonds is 8. The monoisotopic (exact) mass is 563 g/mol. The fraction of sp³-hybridized carbons (Fsp3) is 0.476. The number of nitrogens with one attached hydrogen (secondary N) is 1. The quantitative estimate of drug-likeness (QED) is 0.152. The van der Waals surface area contributed by atoms with Gasteiger partial charge in [0.1, 0.15) is 5.82 Å². The highest BCUT2D eigenvalue weighted by Crippen LogP contribution is 2.20. The molecule has 1 fully saturated rings. The van der Waals surface area contributed by atoms with E-state index in [9.17, 15) is 16.8 Å². The van der Waals surface area contributed by atoms with Gasteiger partial charge in [-0.15, -0.1) is 0 Å². The highest BCUT2D eigenvalue weighted by molar-refractivity contribution is 7.85. The summed E-state index contributed by atoms with van der Waals surface area (Å²) in [6.45, 7) is 5.32. The molecule has 1 aliphatic rings. The van der Waals surface area contributed by atoms with Crippen molar-refractivity contribution in [2.75, 3.05) is 62.4 Å². The van der Waals surface area contributed by atoms with Gasteiger partial charge in [0.05, 0.1) is 38.5 Å². The lowest BCUT2D eigenvalue weighted by Crippen LogP contribution is -2.36. The molecule has 2 heterocycles. The van der Waals surface area contributed by atoms with E-state index < -0.39 is 20.2 Å². The highest BCUT2D eigenvalue weighted by atomic mass is 32.2. The first-order valence-corrected chi connectivity index (χ1v) is 14.6. The normalized spacial score (nSPS) is 13.7. The van der Waals surface area contributed by atoms with Gasteiger partial charge >= 0.3 is 6.01 Å². The molecular formula is C21H33N5O9S2. The van der Waals surface area contributed by atoms with Crippen LogP contribution in [0.25, 0.3) is 0 Å². The second-order valence-corrected chi connectivity index (χ2v) is 10.6. The number of aromatic nitrogens is 2. The van der Waals surface area contributed by atoms with Gasteiger partial charge in [0, 0.05) is 32.2 Å². The Morgan fingerprint density at radius 1 is 1.11 bits per heavy atom. The van der Waals surface area contributed by atoms with Crippen LogP contribution in [0.15, 0.2) is 35.4 Å². The number of nitrogens with zero attached hydrogens (tertiary/aromatic N) is 4. The summed E-state index contributed by atoms with van der Waals surface area (Å²) >= 11 is 0. The molecule has 0 spiro atoms. The van der Waals surface area contributed by atoms with E-state index in [0.29, 0.717) is 44.6 Å². The summed E-state index contributed by atoms with van der Waals surface area (Å²) in [5, 5.41) is 13.2. The Morgan fingerprint density at radius 3 is 2.30 bits per heavy atom. The van der Waals surface area contributed by atoms with E-state index in [-0.39, 0.29) is 12.6 Å². The number of aliphatic hydroxyl groups excluding tert-OH is 1. The van der Waals surface area contributed by atoms with Crippen LogP contribution >= 0.6 is 0 Å². The third-order valence-electron chi connectivity index (χ3n) is 4.00. The first-order chi connectivity index (χ1) is 17.2. The Bertz CT molecular complexity index is 1160. The van der Waals surface area contributed by atoms with Crippen LogP contribution in [0.5, 0.6) is 6.01 Å². The SMILES string of the molecule is CS(=O)(=O)O.CS(=O)(=O)O.Cc1cccc(/C=N/Nc2cc(N3CCOCC3)nc(OCCCO)n2)c1. The van der Waals surface area contributed by atoms with Crippen molar-refractivity contribution in [3.05, 3.63) is 41.5 Å². The molecule has 0 bridgehead atoms. The van der Waals surface area contributed by atoms with Gasteiger partial charge in [-0.2, -0.15) is 31.9 Å². The van der Waals surface area contributed by atoms with E-state index in [1.165, 1.54) is 5.56 Å². The molecule has 0 saturated carbocycles. The Balaban J connectivity index is 0.000000583. The van der Waals surface area contributed by atoms with E-state index in [1.807, 2.05) is 37.3 Å². The fourth-order valence-corrected chi connectivity index (χ4v) is 2.64. The molecule has 1 aromatic heterocycles. The summed E-state index contributed by atoms with van der Waals surface area (Å²) in [4.78, 5) is 10.9. The second kappa shape index (κ2) is 16.1. The maximum Gasteiger partial charge on any atom is 0.320 e. The zero-order chi connectivity index (χ0) is 27.9. The van der Waals surface area contributed by atoms with E-state index in [2.05, 4.69) is 25.4 Å². The minimum absolute atomic E-state index is 0.0645. The minimum atomic E-state index is -3.67. The zero-order valence-electron chi connectivity index (χ0n) is 20.8. The van der Waals surface area contributed by atoms with Crippen molar-refractivity contribution in [3.63, 3.8) is 0 Å². The Hall–Kier alpha value is -2.89. The summed E-state index contributed by atoms with van der Waals surface area (Å²) in [5.41, 5.74) is 5.13. The molecule has 0 amide bonds. The minimum Gasteiger partial charge on any atom is -0.463 e. The van der Waals surface area contributed by atoms with Crippen LogP contribution < -0.4 is 15.1 Å². The lowest BCUT2D eigenvalue weighted by molar-refractivity contribution is 0.122. The molecule has 1 aromatic carbocycles. The van der Waals surface area contributed by atoms with Crippen molar-refractivity contribution in [1.29, 1.82) is 0 Å². The smallest absolute Gasteiger partial charge is 0.320 e. The molecule has 3 rings (SSSR count). The molecule has 1 aliphatic heterocycles. The van der Waals surface area contributed by atoms with Gasteiger partial charge in [-0.25, -0.2) is 0 Å². The first kappa shape index (κ1) is 32.1. The van der Waals surface area contributed by atoms with Crippen molar-refractivity contribution >= 4 is 38.1 Å². The predicted molar refractivity (Wildman–Crippen MR) is 140 cm³/mol. The van der Waals surface area contributed by atoms with Crippen LogP contribution in [0.4, 0.5) is 11.6 Å². The number of hydrogen-bond acceptors (Lipinski definition) is 12. The van der Waals surface area contributed by atoms with Crippen LogP contribution in [0.3, 0.4) is 0 Å². The third kappa shape index (κ3) is 18.1. The van der Waals surface area contributed by atoms with Gasteiger partial charge in [0.15, 0.2) is 5.82 Å². The van der Waals surface area contributed by atoms with Crippen LogP contribution in [0, 0.1) is 6.92 Å². The lowest BCUT2D eigenvalue weighted by Gasteiger charge is -2.28. The van der Waals surface area contributed by atoms with Crippen molar-refractivity contribution in [3.8, 4) is 6.01 Å². The molecular weight excluding hydrogens is 530 g/mol. The molecule has 14 nitrogen and oxygen atoms in total. The zero-order valence-corrected chi connectivity index (χ0v) is 22.4. The number of aryl methyl sites for hydroxylation is 1. The summed E-state index contributed by atoms with van der Waals surface area (Å²) in [6.07, 6.45) is 3.70. The topological polar surface area (TPSA) is 201 Å². The molecule has 1 saturated heterocycles. The van der Waals surface area contributed by atoms with Crippen molar-refractivity contribution in [1.82, 2.24) is 9.97 Å². The molecule has 0 unspecified atom stereocenters.